The van der Waals surface area contributed by atoms with Gasteiger partial charge >= 0.3 is 0 Å². The summed E-state index contributed by atoms with van der Waals surface area (Å²) in [5.41, 5.74) is 2.09. The normalized spacial score (nSPS) is 10.8. The van der Waals surface area contributed by atoms with Gasteiger partial charge in [0.25, 0.3) is 15.9 Å². The molecule has 0 radical (unpaired) electrons. The fourth-order valence-corrected chi connectivity index (χ4v) is 5.05. The number of amides is 2. The van der Waals surface area contributed by atoms with Crippen molar-refractivity contribution in [1.29, 1.82) is 0 Å². The molecule has 0 aliphatic heterocycles. The van der Waals surface area contributed by atoms with Crippen molar-refractivity contribution in [2.45, 2.75) is 63.2 Å². The van der Waals surface area contributed by atoms with Gasteiger partial charge in [0.15, 0.2) is 0 Å². The largest absolute Gasteiger partial charge is 0.321 e. The molecule has 3 aromatic rings. The smallest absolute Gasteiger partial charge is 0.266 e. The van der Waals surface area contributed by atoms with Gasteiger partial charge in [0.2, 0.25) is 5.91 Å². The molecule has 2 amide bonds. The lowest BCUT2D eigenvalue weighted by atomic mass is 10.1. The summed E-state index contributed by atoms with van der Waals surface area (Å²) in [6.07, 6.45) is 7.41. The minimum Gasteiger partial charge on any atom is -0.321 e. The van der Waals surface area contributed by atoms with Gasteiger partial charge in [0, 0.05) is 23.1 Å². The Morgan fingerprint density at radius 2 is 1.29 bits per heavy atom. The van der Waals surface area contributed by atoms with Crippen molar-refractivity contribution in [2.75, 3.05) is 5.32 Å². The Morgan fingerprint density at radius 1 is 0.711 bits per heavy atom. The molecule has 0 aromatic heterocycles. The van der Waals surface area contributed by atoms with Crippen LogP contribution in [0.3, 0.4) is 0 Å². The molecule has 0 fully saturated rings. The highest BCUT2D eigenvalue weighted by Gasteiger charge is 2.22. The highest BCUT2D eigenvalue weighted by atomic mass is 32.2. The quantitative estimate of drug-likeness (QED) is 0.213. The highest BCUT2D eigenvalue weighted by Crippen LogP contribution is 2.22. The average molecular weight is 531 g/mol. The van der Waals surface area contributed by atoms with Crippen molar-refractivity contribution < 1.29 is 18.0 Å². The van der Waals surface area contributed by atoms with E-state index in [1.807, 2.05) is 30.3 Å². The van der Waals surface area contributed by atoms with Crippen molar-refractivity contribution in [1.82, 2.24) is 4.72 Å². The third kappa shape index (κ3) is 9.20. The van der Waals surface area contributed by atoms with Crippen LogP contribution < -0.4 is 10.0 Å². The van der Waals surface area contributed by atoms with Gasteiger partial charge in [-0.05, 0) is 55.0 Å². The maximum absolute atomic E-state index is 12.9. The second kappa shape index (κ2) is 14.7. The first kappa shape index (κ1) is 28.7. The zero-order valence-electron chi connectivity index (χ0n) is 21.7. The van der Waals surface area contributed by atoms with Crippen LogP contribution in [0.4, 0.5) is 5.69 Å². The Hall–Kier alpha value is -3.89. The van der Waals surface area contributed by atoms with Crippen LogP contribution in [0.25, 0.3) is 0 Å². The third-order valence-electron chi connectivity index (χ3n) is 5.95. The number of unbranched alkanes of at least 4 members (excludes halogenated alkanes) is 6. The van der Waals surface area contributed by atoms with E-state index in [-0.39, 0.29) is 17.0 Å². The molecule has 6 nitrogen and oxygen atoms in total. The standard InChI is InChI=1S/C31H34N2O4S/c1-2-3-4-5-6-7-11-18-30(34)33-38(36,37)29-17-13-12-16-28(29)32-31(35)27-23-21-26(22-24-27)20-19-25-14-9-8-10-15-25/h8-10,12-17,21-24H,2-7,11,18H2,1H3,(H,32,35)(H,33,34). The monoisotopic (exact) mass is 530 g/mol. The lowest BCUT2D eigenvalue weighted by Crippen LogP contribution is -2.31. The average Bonchev–Trinajstić information content (AvgIpc) is 2.92. The summed E-state index contributed by atoms with van der Waals surface area (Å²) < 4.78 is 28.0. The summed E-state index contributed by atoms with van der Waals surface area (Å²) in [5.74, 6) is 5.10. The fourth-order valence-electron chi connectivity index (χ4n) is 3.87. The maximum atomic E-state index is 12.9. The number of hydrogen-bond donors (Lipinski definition) is 2. The van der Waals surface area contributed by atoms with E-state index < -0.39 is 21.8 Å². The van der Waals surface area contributed by atoms with Crippen LogP contribution >= 0.6 is 0 Å². The minimum atomic E-state index is -4.15. The number of anilines is 1. The van der Waals surface area contributed by atoms with Gasteiger partial charge in [-0.2, -0.15) is 0 Å². The van der Waals surface area contributed by atoms with Crippen molar-refractivity contribution in [3.8, 4) is 11.8 Å². The van der Waals surface area contributed by atoms with E-state index in [9.17, 15) is 18.0 Å². The fraction of sp³-hybridized carbons (Fsp3) is 0.290. The van der Waals surface area contributed by atoms with Gasteiger partial charge in [0.1, 0.15) is 4.90 Å². The lowest BCUT2D eigenvalue weighted by Gasteiger charge is -2.13. The molecule has 0 heterocycles. The summed E-state index contributed by atoms with van der Waals surface area (Å²) in [6, 6.07) is 22.3. The Balaban J connectivity index is 1.59. The first-order chi connectivity index (χ1) is 18.4. The van der Waals surface area contributed by atoms with Gasteiger partial charge in [-0.3, -0.25) is 9.59 Å². The second-order valence-corrected chi connectivity index (χ2v) is 10.7. The maximum Gasteiger partial charge on any atom is 0.266 e. The molecule has 38 heavy (non-hydrogen) atoms. The van der Waals surface area contributed by atoms with Crippen LogP contribution in [0.15, 0.2) is 83.8 Å². The molecule has 3 rings (SSSR count). The number of rotatable bonds is 12. The van der Waals surface area contributed by atoms with Crippen molar-refractivity contribution in [3.63, 3.8) is 0 Å². The second-order valence-electron chi connectivity index (χ2n) is 9.04. The van der Waals surface area contributed by atoms with E-state index in [1.54, 1.807) is 36.4 Å². The van der Waals surface area contributed by atoms with Crippen LogP contribution in [-0.4, -0.2) is 20.2 Å². The SMILES string of the molecule is CCCCCCCCCC(=O)NS(=O)(=O)c1ccccc1NC(=O)c1ccc(C#Cc2ccccc2)cc1. The number of carbonyl (C=O) groups excluding carboxylic acids is 2. The van der Waals surface area contributed by atoms with Gasteiger partial charge in [-0.1, -0.05) is 87.6 Å². The van der Waals surface area contributed by atoms with Crippen LogP contribution in [-0.2, 0) is 14.8 Å². The van der Waals surface area contributed by atoms with E-state index >= 15 is 0 Å². The molecule has 0 atom stereocenters. The molecule has 0 saturated carbocycles. The lowest BCUT2D eigenvalue weighted by molar-refractivity contribution is -0.119. The Bertz CT molecular complexity index is 1370. The van der Waals surface area contributed by atoms with Crippen LogP contribution in [0, 0.1) is 11.8 Å². The Morgan fingerprint density at radius 3 is 1.97 bits per heavy atom. The topological polar surface area (TPSA) is 92.3 Å². The Kier molecular flexibility index (Phi) is 11.1. The van der Waals surface area contributed by atoms with Gasteiger partial charge in [-0.25, -0.2) is 13.1 Å². The van der Waals surface area contributed by atoms with Crippen LogP contribution in [0.5, 0.6) is 0 Å². The van der Waals surface area contributed by atoms with E-state index in [2.05, 4.69) is 28.8 Å². The predicted octanol–water partition coefficient (Wildman–Crippen LogP) is 6.28. The van der Waals surface area contributed by atoms with E-state index in [0.717, 1.165) is 30.4 Å². The first-order valence-electron chi connectivity index (χ1n) is 13.0. The molecule has 7 heteroatoms. The summed E-state index contributed by atoms with van der Waals surface area (Å²) in [6.45, 7) is 2.16. The van der Waals surface area contributed by atoms with Crippen molar-refractivity contribution in [3.05, 3.63) is 95.6 Å². The van der Waals surface area contributed by atoms with Crippen LogP contribution in [0.1, 0.15) is 79.8 Å². The molecule has 3 aromatic carbocycles. The minimum absolute atomic E-state index is 0.0988. The summed E-state index contributed by atoms with van der Waals surface area (Å²) in [4.78, 5) is 25.0. The molecule has 198 valence electrons. The molecular weight excluding hydrogens is 496 g/mol. The summed E-state index contributed by atoms with van der Waals surface area (Å²) >= 11 is 0. The number of benzene rings is 3. The number of sulfonamides is 1. The highest BCUT2D eigenvalue weighted by molar-refractivity contribution is 7.90. The third-order valence-corrected chi connectivity index (χ3v) is 7.38. The predicted molar refractivity (Wildman–Crippen MR) is 151 cm³/mol. The Labute approximate surface area is 225 Å². The zero-order valence-corrected chi connectivity index (χ0v) is 22.5. The number of nitrogens with one attached hydrogen (secondary N) is 2. The molecule has 0 spiro atoms. The van der Waals surface area contributed by atoms with Gasteiger partial charge in [0.05, 0.1) is 5.69 Å². The zero-order chi connectivity index (χ0) is 27.2. The van der Waals surface area contributed by atoms with E-state index in [1.165, 1.54) is 31.4 Å². The van der Waals surface area contributed by atoms with Crippen molar-refractivity contribution >= 4 is 27.5 Å². The molecular formula is C31H34N2O4S. The summed E-state index contributed by atoms with van der Waals surface area (Å²) in [7, 11) is -4.15. The molecule has 0 bridgehead atoms. The first-order valence-corrected chi connectivity index (χ1v) is 14.5. The molecule has 0 aliphatic carbocycles. The molecule has 0 unspecified atom stereocenters. The molecule has 2 N–H and O–H groups in total. The van der Waals surface area contributed by atoms with E-state index in [4.69, 9.17) is 0 Å². The van der Waals surface area contributed by atoms with E-state index in [0.29, 0.717) is 12.0 Å². The summed E-state index contributed by atoms with van der Waals surface area (Å²) in [5, 5.41) is 2.65. The number of para-hydroxylation sites is 1. The van der Waals surface area contributed by atoms with Gasteiger partial charge in [-0.15, -0.1) is 0 Å². The number of hydrogen-bond acceptors (Lipinski definition) is 4. The van der Waals surface area contributed by atoms with Crippen LogP contribution in [0.2, 0.25) is 0 Å². The number of carbonyl (C=O) groups is 2. The molecule has 0 saturated heterocycles. The van der Waals surface area contributed by atoms with Crippen molar-refractivity contribution in [2.24, 2.45) is 0 Å². The molecule has 0 aliphatic rings. The van der Waals surface area contributed by atoms with Gasteiger partial charge < -0.3 is 5.32 Å².